The van der Waals surface area contributed by atoms with Crippen LogP contribution in [0.25, 0.3) is 0 Å². The van der Waals surface area contributed by atoms with Crippen molar-refractivity contribution in [2.75, 3.05) is 26.9 Å². The smallest absolute Gasteiger partial charge is 0.192 e. The standard InChI is InChI=1S/C21H34N6O2/c1-16(2)10-12-29-13-11-22-21(24-15-20-26-25-17(3)27(20)4)23-14-18-6-8-19(28-5)9-7-18/h6-9,16H,10-15H2,1-5H3,(H2,22,23,24). The molecule has 1 aromatic carbocycles. The second-order valence-electron chi connectivity index (χ2n) is 7.31. The summed E-state index contributed by atoms with van der Waals surface area (Å²) in [5.74, 6) is 3.94. The lowest BCUT2D eigenvalue weighted by atomic mass is 10.1. The average Bonchev–Trinajstić information content (AvgIpc) is 3.04. The zero-order chi connectivity index (χ0) is 21.1. The molecule has 0 amide bonds. The number of aryl methyl sites for hydroxylation is 1. The van der Waals surface area contributed by atoms with E-state index in [0.29, 0.717) is 38.1 Å². The van der Waals surface area contributed by atoms with Crippen molar-refractivity contribution in [3.63, 3.8) is 0 Å². The number of aliphatic imine (C=N–C) groups is 1. The van der Waals surface area contributed by atoms with E-state index in [9.17, 15) is 0 Å². The Labute approximate surface area is 173 Å². The summed E-state index contributed by atoms with van der Waals surface area (Å²) < 4.78 is 12.9. The van der Waals surface area contributed by atoms with Crippen LogP contribution < -0.4 is 15.4 Å². The molecule has 160 valence electrons. The maximum absolute atomic E-state index is 5.68. The summed E-state index contributed by atoms with van der Waals surface area (Å²) in [4.78, 5) is 4.69. The molecule has 0 unspecified atom stereocenters. The van der Waals surface area contributed by atoms with Crippen molar-refractivity contribution in [3.8, 4) is 5.75 Å². The molecule has 8 heteroatoms. The molecule has 0 radical (unpaired) electrons. The Morgan fingerprint density at radius 3 is 2.52 bits per heavy atom. The SMILES string of the molecule is COc1ccc(CN=C(NCCOCCC(C)C)NCc2nnc(C)n2C)cc1. The zero-order valence-corrected chi connectivity index (χ0v) is 18.2. The molecule has 2 N–H and O–H groups in total. The predicted octanol–water partition coefficient (Wildman–Crippen LogP) is 2.43. The van der Waals surface area contributed by atoms with Gasteiger partial charge in [0.25, 0.3) is 0 Å². The quantitative estimate of drug-likeness (QED) is 0.341. The Bertz CT molecular complexity index is 755. The van der Waals surface area contributed by atoms with Crippen molar-refractivity contribution in [1.29, 1.82) is 0 Å². The number of rotatable bonds is 11. The first-order chi connectivity index (χ1) is 14.0. The van der Waals surface area contributed by atoms with E-state index in [2.05, 4.69) is 39.7 Å². The van der Waals surface area contributed by atoms with Gasteiger partial charge in [0, 0.05) is 20.2 Å². The molecule has 0 bridgehead atoms. The molecule has 0 spiro atoms. The molecule has 1 heterocycles. The lowest BCUT2D eigenvalue weighted by Gasteiger charge is -2.13. The number of nitrogens with one attached hydrogen (secondary N) is 2. The highest BCUT2D eigenvalue weighted by Crippen LogP contribution is 2.11. The summed E-state index contributed by atoms with van der Waals surface area (Å²) >= 11 is 0. The summed E-state index contributed by atoms with van der Waals surface area (Å²) in [6.45, 7) is 9.54. The number of nitrogens with zero attached hydrogens (tertiary/aromatic N) is 4. The monoisotopic (exact) mass is 402 g/mol. The second kappa shape index (κ2) is 12.1. The molecule has 0 aliphatic carbocycles. The number of guanidine groups is 1. The summed E-state index contributed by atoms with van der Waals surface area (Å²) in [5, 5.41) is 14.9. The minimum absolute atomic E-state index is 0.542. The third-order valence-corrected chi connectivity index (χ3v) is 4.55. The van der Waals surface area contributed by atoms with Crippen LogP contribution in [0.2, 0.25) is 0 Å². The molecule has 2 rings (SSSR count). The molecule has 29 heavy (non-hydrogen) atoms. The first kappa shape index (κ1) is 22.7. The van der Waals surface area contributed by atoms with Gasteiger partial charge in [0.2, 0.25) is 0 Å². The Kier molecular flexibility index (Phi) is 9.43. The summed E-state index contributed by atoms with van der Waals surface area (Å²) in [6, 6.07) is 7.91. The normalized spacial score (nSPS) is 11.7. The highest BCUT2D eigenvalue weighted by Gasteiger charge is 2.06. The number of methoxy groups -OCH3 is 1. The molecule has 0 saturated carbocycles. The van der Waals surface area contributed by atoms with Crippen LogP contribution in [0.15, 0.2) is 29.3 Å². The van der Waals surface area contributed by atoms with Gasteiger partial charge in [0.15, 0.2) is 11.8 Å². The fourth-order valence-corrected chi connectivity index (χ4v) is 2.51. The third kappa shape index (κ3) is 8.11. The van der Waals surface area contributed by atoms with Crippen molar-refractivity contribution in [2.45, 2.75) is 40.3 Å². The molecule has 0 fully saturated rings. The molecule has 8 nitrogen and oxygen atoms in total. The topological polar surface area (TPSA) is 85.6 Å². The van der Waals surface area contributed by atoms with Gasteiger partial charge in [-0.3, -0.25) is 0 Å². The van der Waals surface area contributed by atoms with Crippen LogP contribution in [0, 0.1) is 12.8 Å². The van der Waals surface area contributed by atoms with Gasteiger partial charge in [-0.2, -0.15) is 0 Å². The zero-order valence-electron chi connectivity index (χ0n) is 18.2. The van der Waals surface area contributed by atoms with Crippen LogP contribution in [0.5, 0.6) is 5.75 Å². The maximum Gasteiger partial charge on any atom is 0.192 e. The molecule has 0 saturated heterocycles. The lowest BCUT2D eigenvalue weighted by molar-refractivity contribution is 0.128. The van der Waals surface area contributed by atoms with Gasteiger partial charge in [-0.25, -0.2) is 4.99 Å². The van der Waals surface area contributed by atoms with E-state index in [4.69, 9.17) is 9.47 Å². The summed E-state index contributed by atoms with van der Waals surface area (Å²) in [5.41, 5.74) is 1.11. The fraction of sp³-hybridized carbons (Fsp3) is 0.571. The number of hydrogen-bond acceptors (Lipinski definition) is 5. The first-order valence-electron chi connectivity index (χ1n) is 10.1. The Morgan fingerprint density at radius 2 is 1.90 bits per heavy atom. The highest BCUT2D eigenvalue weighted by atomic mass is 16.5. The van der Waals surface area contributed by atoms with Crippen LogP contribution in [-0.2, 0) is 24.9 Å². The maximum atomic E-state index is 5.68. The van der Waals surface area contributed by atoms with Gasteiger partial charge in [0.1, 0.15) is 11.6 Å². The van der Waals surface area contributed by atoms with Crippen molar-refractivity contribution >= 4 is 5.96 Å². The van der Waals surface area contributed by atoms with E-state index in [1.165, 1.54) is 0 Å². The van der Waals surface area contributed by atoms with Crippen molar-refractivity contribution < 1.29 is 9.47 Å². The molecule has 2 aromatic rings. The molecule has 0 aliphatic heterocycles. The number of aromatic nitrogens is 3. The van der Waals surface area contributed by atoms with Crippen LogP contribution in [0.4, 0.5) is 0 Å². The minimum atomic E-state index is 0.542. The Balaban J connectivity index is 1.90. The van der Waals surface area contributed by atoms with Crippen molar-refractivity contribution in [1.82, 2.24) is 25.4 Å². The Hall–Kier alpha value is -2.61. The van der Waals surface area contributed by atoms with E-state index in [1.54, 1.807) is 7.11 Å². The fourth-order valence-electron chi connectivity index (χ4n) is 2.51. The van der Waals surface area contributed by atoms with Gasteiger partial charge in [-0.1, -0.05) is 26.0 Å². The van der Waals surface area contributed by atoms with Gasteiger partial charge in [-0.05, 0) is 37.0 Å². The minimum Gasteiger partial charge on any atom is -0.497 e. The van der Waals surface area contributed by atoms with E-state index in [-0.39, 0.29) is 0 Å². The van der Waals surface area contributed by atoms with Crippen LogP contribution >= 0.6 is 0 Å². The Morgan fingerprint density at radius 1 is 1.14 bits per heavy atom. The first-order valence-corrected chi connectivity index (χ1v) is 10.1. The average molecular weight is 403 g/mol. The van der Waals surface area contributed by atoms with Gasteiger partial charge >= 0.3 is 0 Å². The molecular formula is C21H34N6O2. The number of benzene rings is 1. The molecule has 0 atom stereocenters. The van der Waals surface area contributed by atoms with Crippen LogP contribution in [0.1, 0.15) is 37.5 Å². The molecule has 0 aliphatic rings. The van der Waals surface area contributed by atoms with Crippen molar-refractivity contribution in [2.24, 2.45) is 18.0 Å². The van der Waals surface area contributed by atoms with E-state index in [0.717, 1.165) is 36.0 Å². The van der Waals surface area contributed by atoms with Crippen molar-refractivity contribution in [3.05, 3.63) is 41.5 Å². The van der Waals surface area contributed by atoms with E-state index < -0.39 is 0 Å². The lowest BCUT2D eigenvalue weighted by Crippen LogP contribution is -2.39. The largest absolute Gasteiger partial charge is 0.497 e. The summed E-state index contributed by atoms with van der Waals surface area (Å²) in [6.07, 6.45) is 1.07. The van der Waals surface area contributed by atoms with Gasteiger partial charge in [0.05, 0.1) is 26.8 Å². The predicted molar refractivity (Wildman–Crippen MR) is 115 cm³/mol. The van der Waals surface area contributed by atoms with Gasteiger partial charge in [-0.15, -0.1) is 10.2 Å². The van der Waals surface area contributed by atoms with Crippen LogP contribution in [-0.4, -0.2) is 47.6 Å². The van der Waals surface area contributed by atoms with E-state index in [1.807, 2.05) is 42.8 Å². The molecular weight excluding hydrogens is 368 g/mol. The number of hydrogen-bond donors (Lipinski definition) is 2. The molecule has 1 aromatic heterocycles. The van der Waals surface area contributed by atoms with Crippen LogP contribution in [0.3, 0.4) is 0 Å². The second-order valence-corrected chi connectivity index (χ2v) is 7.31. The number of ether oxygens (including phenoxy) is 2. The van der Waals surface area contributed by atoms with E-state index >= 15 is 0 Å². The summed E-state index contributed by atoms with van der Waals surface area (Å²) in [7, 11) is 3.62. The van der Waals surface area contributed by atoms with Gasteiger partial charge < -0.3 is 24.7 Å². The third-order valence-electron chi connectivity index (χ3n) is 4.55. The highest BCUT2D eigenvalue weighted by molar-refractivity contribution is 5.79.